The third-order valence-corrected chi connectivity index (χ3v) is 4.46. The summed E-state index contributed by atoms with van der Waals surface area (Å²) < 4.78 is 14.3. The number of halogens is 1. The summed E-state index contributed by atoms with van der Waals surface area (Å²) in [4.78, 5) is 2.24. The lowest BCUT2D eigenvalue weighted by atomic mass is 9.88. The quantitative estimate of drug-likeness (QED) is 0.824. The number of piperidine rings is 1. The van der Waals surface area contributed by atoms with Crippen LogP contribution in [0.2, 0.25) is 0 Å². The summed E-state index contributed by atoms with van der Waals surface area (Å²) in [6.45, 7) is 10.4. The minimum absolute atomic E-state index is 0.0810. The van der Waals surface area contributed by atoms with Gasteiger partial charge in [0.05, 0.1) is 5.69 Å². The highest BCUT2D eigenvalue weighted by atomic mass is 19.1. The zero-order valence-corrected chi connectivity index (χ0v) is 13.0. The Morgan fingerprint density at radius 3 is 2.80 bits per heavy atom. The van der Waals surface area contributed by atoms with E-state index in [0.29, 0.717) is 5.92 Å². The van der Waals surface area contributed by atoms with Crippen LogP contribution in [0.1, 0.15) is 39.2 Å². The van der Waals surface area contributed by atoms with Crippen molar-refractivity contribution in [3.63, 3.8) is 0 Å². The summed E-state index contributed by atoms with van der Waals surface area (Å²) in [7, 11) is 0. The maximum absolute atomic E-state index is 14.3. The summed E-state index contributed by atoms with van der Waals surface area (Å²) in [6, 6.07) is 5.45. The number of nitrogens with zero attached hydrogens (tertiary/aromatic N) is 1. The molecule has 1 aromatic rings. The molecule has 0 radical (unpaired) electrons. The molecule has 2 atom stereocenters. The van der Waals surface area contributed by atoms with Crippen molar-refractivity contribution < 1.29 is 4.39 Å². The number of hydrogen-bond donors (Lipinski definition) is 1. The molecule has 112 valence electrons. The molecular weight excluding hydrogens is 251 g/mol. The molecule has 1 aliphatic rings. The Bertz CT molecular complexity index is 433. The molecule has 0 spiro atoms. The smallest absolute Gasteiger partial charge is 0.146 e. The molecule has 1 saturated heterocycles. The van der Waals surface area contributed by atoms with Gasteiger partial charge >= 0.3 is 0 Å². The van der Waals surface area contributed by atoms with Gasteiger partial charge in [0.1, 0.15) is 5.82 Å². The van der Waals surface area contributed by atoms with Crippen molar-refractivity contribution >= 4 is 5.69 Å². The largest absolute Gasteiger partial charge is 0.369 e. The normalized spacial score (nSPS) is 23.1. The van der Waals surface area contributed by atoms with Gasteiger partial charge in [-0.1, -0.05) is 32.9 Å². The van der Waals surface area contributed by atoms with E-state index in [-0.39, 0.29) is 5.82 Å². The van der Waals surface area contributed by atoms with Crippen molar-refractivity contribution in [2.45, 2.75) is 40.2 Å². The zero-order chi connectivity index (χ0) is 14.5. The van der Waals surface area contributed by atoms with Gasteiger partial charge in [-0.2, -0.15) is 0 Å². The Morgan fingerprint density at radius 1 is 1.30 bits per heavy atom. The van der Waals surface area contributed by atoms with E-state index in [4.69, 9.17) is 0 Å². The first-order valence-corrected chi connectivity index (χ1v) is 7.86. The molecule has 1 fully saturated rings. The molecule has 1 N–H and O–H groups in total. The van der Waals surface area contributed by atoms with Gasteiger partial charge in [-0.05, 0) is 42.9 Å². The predicted molar refractivity (Wildman–Crippen MR) is 83.6 cm³/mol. The lowest BCUT2D eigenvalue weighted by Gasteiger charge is -2.38. The minimum atomic E-state index is -0.0810. The second-order valence-corrected chi connectivity index (χ2v) is 6.11. The van der Waals surface area contributed by atoms with Crippen LogP contribution in [0.15, 0.2) is 18.2 Å². The van der Waals surface area contributed by atoms with E-state index in [9.17, 15) is 4.39 Å². The Labute approximate surface area is 122 Å². The topological polar surface area (TPSA) is 15.3 Å². The number of anilines is 1. The number of hydrogen-bond acceptors (Lipinski definition) is 2. The van der Waals surface area contributed by atoms with Crippen molar-refractivity contribution in [2.24, 2.45) is 11.8 Å². The molecule has 2 nitrogen and oxygen atoms in total. The van der Waals surface area contributed by atoms with Gasteiger partial charge in [-0.3, -0.25) is 0 Å². The van der Waals surface area contributed by atoms with Crippen LogP contribution in [-0.2, 0) is 6.54 Å². The van der Waals surface area contributed by atoms with Gasteiger partial charge in [0.25, 0.3) is 0 Å². The average Bonchev–Trinajstić information content (AvgIpc) is 2.43. The monoisotopic (exact) mass is 278 g/mol. The highest BCUT2D eigenvalue weighted by molar-refractivity contribution is 5.55. The maximum Gasteiger partial charge on any atom is 0.146 e. The van der Waals surface area contributed by atoms with Crippen molar-refractivity contribution in [1.29, 1.82) is 0 Å². The molecule has 2 rings (SSSR count). The van der Waals surface area contributed by atoms with Gasteiger partial charge in [0, 0.05) is 19.6 Å². The fourth-order valence-corrected chi connectivity index (χ4v) is 2.92. The van der Waals surface area contributed by atoms with E-state index < -0.39 is 0 Å². The van der Waals surface area contributed by atoms with Crippen molar-refractivity contribution in [3.8, 4) is 0 Å². The van der Waals surface area contributed by atoms with E-state index >= 15 is 0 Å². The Hall–Kier alpha value is -1.09. The zero-order valence-electron chi connectivity index (χ0n) is 13.0. The van der Waals surface area contributed by atoms with Crippen LogP contribution in [-0.4, -0.2) is 19.6 Å². The highest BCUT2D eigenvalue weighted by Gasteiger charge is 2.25. The van der Waals surface area contributed by atoms with Gasteiger partial charge in [0.15, 0.2) is 0 Å². The highest BCUT2D eigenvalue weighted by Crippen LogP contribution is 2.31. The molecule has 1 heterocycles. The molecule has 1 aromatic carbocycles. The average molecular weight is 278 g/mol. The van der Waals surface area contributed by atoms with Crippen LogP contribution >= 0.6 is 0 Å². The second-order valence-electron chi connectivity index (χ2n) is 6.11. The van der Waals surface area contributed by atoms with Crippen molar-refractivity contribution in [2.75, 3.05) is 24.5 Å². The number of rotatable bonds is 5. The SMILES string of the molecule is CCCNCc1cccc(F)c1N1CCC(C)C(C)C1. The fraction of sp³-hybridized carbons (Fsp3) is 0.647. The van der Waals surface area contributed by atoms with Gasteiger partial charge in [-0.25, -0.2) is 4.39 Å². The van der Waals surface area contributed by atoms with Crippen LogP contribution in [0.4, 0.5) is 10.1 Å². The molecule has 0 aromatic heterocycles. The van der Waals surface area contributed by atoms with Crippen LogP contribution in [0.3, 0.4) is 0 Å². The third-order valence-electron chi connectivity index (χ3n) is 4.46. The van der Waals surface area contributed by atoms with E-state index in [2.05, 4.69) is 31.0 Å². The summed E-state index contributed by atoms with van der Waals surface area (Å²) in [5, 5.41) is 3.38. The van der Waals surface area contributed by atoms with E-state index in [0.717, 1.165) is 56.2 Å². The van der Waals surface area contributed by atoms with Crippen LogP contribution in [0, 0.1) is 17.7 Å². The first kappa shape index (κ1) is 15.3. The molecular formula is C17H27FN2. The Kier molecular flexibility index (Phi) is 5.41. The first-order valence-electron chi connectivity index (χ1n) is 7.86. The van der Waals surface area contributed by atoms with E-state index in [1.165, 1.54) is 0 Å². The molecule has 1 aliphatic heterocycles. The van der Waals surface area contributed by atoms with Gasteiger partial charge < -0.3 is 10.2 Å². The molecule has 20 heavy (non-hydrogen) atoms. The molecule has 3 heteroatoms. The van der Waals surface area contributed by atoms with Crippen molar-refractivity contribution in [3.05, 3.63) is 29.6 Å². The molecule has 0 bridgehead atoms. The molecule has 0 amide bonds. The van der Waals surface area contributed by atoms with Crippen molar-refractivity contribution in [1.82, 2.24) is 5.32 Å². The van der Waals surface area contributed by atoms with Crippen LogP contribution in [0.5, 0.6) is 0 Å². The summed E-state index contributed by atoms with van der Waals surface area (Å²) in [5.74, 6) is 1.28. The van der Waals surface area contributed by atoms with E-state index in [1.807, 2.05) is 12.1 Å². The van der Waals surface area contributed by atoms with E-state index in [1.54, 1.807) is 6.07 Å². The number of para-hydroxylation sites is 1. The lowest BCUT2D eigenvalue weighted by Crippen LogP contribution is -2.39. The standard InChI is InChI=1S/C17H27FN2/c1-4-9-19-11-15-6-5-7-16(18)17(15)20-10-8-13(2)14(3)12-20/h5-7,13-14,19H,4,8-12H2,1-3H3. The van der Waals surface area contributed by atoms with Crippen LogP contribution in [0.25, 0.3) is 0 Å². The second kappa shape index (κ2) is 7.07. The third kappa shape index (κ3) is 3.51. The lowest BCUT2D eigenvalue weighted by molar-refractivity contribution is 0.322. The maximum atomic E-state index is 14.3. The summed E-state index contributed by atoms with van der Waals surface area (Å²) >= 11 is 0. The Balaban J connectivity index is 2.16. The minimum Gasteiger partial charge on any atom is -0.369 e. The van der Waals surface area contributed by atoms with Crippen LogP contribution < -0.4 is 10.2 Å². The summed E-state index contributed by atoms with van der Waals surface area (Å²) in [6.07, 6.45) is 2.25. The predicted octanol–water partition coefficient (Wildman–Crippen LogP) is 3.81. The molecule has 0 saturated carbocycles. The molecule has 2 unspecified atom stereocenters. The first-order chi connectivity index (χ1) is 9.63. The van der Waals surface area contributed by atoms with Gasteiger partial charge in [-0.15, -0.1) is 0 Å². The molecule has 0 aliphatic carbocycles. The number of nitrogens with one attached hydrogen (secondary N) is 1. The van der Waals surface area contributed by atoms with Gasteiger partial charge in [0.2, 0.25) is 0 Å². The number of benzene rings is 1. The summed E-state index contributed by atoms with van der Waals surface area (Å²) in [5.41, 5.74) is 1.90. The Morgan fingerprint density at radius 2 is 2.10 bits per heavy atom. The fourth-order valence-electron chi connectivity index (χ4n) is 2.92.